The van der Waals surface area contributed by atoms with Gasteiger partial charge in [0.15, 0.2) is 11.9 Å². The summed E-state index contributed by atoms with van der Waals surface area (Å²) in [4.78, 5) is 3.97. The van der Waals surface area contributed by atoms with E-state index < -0.39 is 8.07 Å². The molecule has 2 heterocycles. The number of pyridine rings is 1. The zero-order chi connectivity index (χ0) is 23.5. The second-order valence-corrected chi connectivity index (χ2v) is 14.1. The highest BCUT2D eigenvalue weighted by molar-refractivity contribution is 7.05. The summed E-state index contributed by atoms with van der Waals surface area (Å²) >= 11 is 0. The third kappa shape index (κ3) is 3.17. The van der Waals surface area contributed by atoms with Crippen LogP contribution in [-0.2, 0) is 7.05 Å². The van der Waals surface area contributed by atoms with E-state index in [1.54, 1.807) is 0 Å². The predicted octanol–water partition coefficient (Wildman–Crippen LogP) is 6.12. The summed E-state index contributed by atoms with van der Waals surface area (Å²) in [6, 6.07) is 21.9. The average molecular weight is 446 g/mol. The van der Waals surface area contributed by atoms with Gasteiger partial charge in [-0.3, -0.25) is 0 Å². The van der Waals surface area contributed by atoms with Crippen LogP contribution in [0.1, 0.15) is 16.7 Å². The molecule has 2 nitrogen and oxygen atoms in total. The Bertz CT molecular complexity index is 1470. The highest BCUT2D eigenvalue weighted by Gasteiger charge is 2.43. The summed E-state index contributed by atoms with van der Waals surface area (Å²) < 4.78 is 2.24. The minimum absolute atomic E-state index is 0.755. The molecule has 3 aromatic carbocycles. The van der Waals surface area contributed by atoms with Crippen molar-refractivity contribution in [1.82, 2.24) is 0 Å². The molecule has 1 aliphatic rings. The summed E-state index contributed by atoms with van der Waals surface area (Å²) in [5.41, 5.74) is 12.1. The fourth-order valence-electron chi connectivity index (χ4n) is 5.53. The van der Waals surface area contributed by atoms with Gasteiger partial charge in [-0.2, -0.15) is 0 Å². The molecule has 4 aromatic rings. The van der Waals surface area contributed by atoms with Crippen LogP contribution in [0.15, 0.2) is 66.9 Å². The van der Waals surface area contributed by atoms with Crippen LogP contribution in [0.5, 0.6) is 0 Å². The maximum Gasteiger partial charge on any atom is 0.212 e. The summed E-state index contributed by atoms with van der Waals surface area (Å²) in [6.07, 6.45) is 2.16. The molecule has 33 heavy (non-hydrogen) atoms. The minimum atomic E-state index is -2.13. The van der Waals surface area contributed by atoms with E-state index in [-0.39, 0.29) is 0 Å². The van der Waals surface area contributed by atoms with Crippen LogP contribution in [0, 0.1) is 27.3 Å². The van der Waals surface area contributed by atoms with Crippen molar-refractivity contribution in [2.75, 3.05) is 0 Å². The maximum absolute atomic E-state index is 7.93. The first-order chi connectivity index (χ1) is 15.7. The molecular weight excluding hydrogens is 416 g/mol. The molecule has 1 aromatic heterocycles. The molecule has 0 saturated heterocycles. The van der Waals surface area contributed by atoms with E-state index in [0.717, 1.165) is 16.8 Å². The fraction of sp³-hybridized carbons (Fsp3) is 0.200. The van der Waals surface area contributed by atoms with E-state index in [2.05, 4.69) is 111 Å². The first-order valence-corrected chi connectivity index (χ1v) is 14.5. The summed E-state index contributed by atoms with van der Waals surface area (Å²) in [5, 5.41) is 2.89. The molecule has 0 fully saturated rings. The van der Waals surface area contributed by atoms with Crippen molar-refractivity contribution in [1.29, 1.82) is 0 Å². The zero-order valence-electron chi connectivity index (χ0n) is 20.2. The van der Waals surface area contributed by atoms with Gasteiger partial charge in [0, 0.05) is 17.7 Å². The van der Waals surface area contributed by atoms with E-state index >= 15 is 0 Å². The van der Waals surface area contributed by atoms with E-state index in [0.29, 0.717) is 0 Å². The van der Waals surface area contributed by atoms with E-state index in [9.17, 15) is 0 Å². The molecular formula is C30H29N2Si+. The smallest absolute Gasteiger partial charge is 0.212 e. The van der Waals surface area contributed by atoms with Gasteiger partial charge in [-0.05, 0) is 64.5 Å². The number of benzene rings is 3. The summed E-state index contributed by atoms with van der Waals surface area (Å²) in [6.45, 7) is 19.4. The van der Waals surface area contributed by atoms with Crippen LogP contribution in [-0.4, -0.2) is 8.07 Å². The molecule has 0 saturated carbocycles. The Balaban J connectivity index is 1.88. The molecule has 0 N–H and O–H groups in total. The molecule has 0 radical (unpaired) electrons. The number of rotatable bonds is 2. The lowest BCUT2D eigenvalue weighted by molar-refractivity contribution is -0.660. The third-order valence-electron chi connectivity index (χ3n) is 7.16. The maximum atomic E-state index is 7.93. The lowest BCUT2D eigenvalue weighted by atomic mass is 9.94. The molecule has 0 atom stereocenters. The molecule has 0 amide bonds. The lowest BCUT2D eigenvalue weighted by Gasteiger charge is -2.25. The molecule has 3 heteroatoms. The number of hydrogen-bond donors (Lipinski definition) is 0. The molecule has 0 unspecified atom stereocenters. The summed E-state index contributed by atoms with van der Waals surface area (Å²) in [7, 11) is 0.0122. The van der Waals surface area contributed by atoms with Crippen molar-refractivity contribution in [2.24, 2.45) is 7.05 Å². The van der Waals surface area contributed by atoms with Gasteiger partial charge in [0.05, 0.1) is 6.57 Å². The van der Waals surface area contributed by atoms with Crippen molar-refractivity contribution >= 4 is 24.1 Å². The SMILES string of the molecule is [C-]#[N+]c1ccc2c(c1-c1ccc(C)cc1)[Si](C)(C)c1c-2ccc(C)c1-c1cc(C)cc[n+]1C. The second kappa shape index (κ2) is 7.54. The summed E-state index contributed by atoms with van der Waals surface area (Å²) in [5.74, 6) is 0. The fourth-order valence-corrected chi connectivity index (χ4v) is 9.41. The minimum Gasteiger partial charge on any atom is -0.238 e. The van der Waals surface area contributed by atoms with Crippen LogP contribution < -0.4 is 14.9 Å². The molecule has 162 valence electrons. The number of nitrogens with zero attached hydrogens (tertiary/aromatic N) is 2. The quantitative estimate of drug-likeness (QED) is 0.199. The molecule has 0 bridgehead atoms. The molecule has 5 rings (SSSR count). The van der Waals surface area contributed by atoms with Crippen molar-refractivity contribution in [3.8, 4) is 33.5 Å². The molecule has 0 spiro atoms. The molecule has 1 aliphatic heterocycles. The zero-order valence-corrected chi connectivity index (χ0v) is 21.2. The second-order valence-electron chi connectivity index (χ2n) is 9.87. The normalized spacial score (nSPS) is 13.4. The van der Waals surface area contributed by atoms with Gasteiger partial charge in [-0.15, -0.1) is 0 Å². The monoisotopic (exact) mass is 445 g/mol. The van der Waals surface area contributed by atoms with Gasteiger partial charge in [0.1, 0.15) is 15.1 Å². The van der Waals surface area contributed by atoms with Gasteiger partial charge in [-0.1, -0.05) is 67.2 Å². The standard InChI is InChI=1S/C30H29N2Si/c1-19-8-11-22(12-9-19)28-25(31-4)15-14-24-23-13-10-21(3)27(29(23)33(6,7)30(24)28)26-18-20(2)16-17-32(26)5/h8-18H,1-3,5-7H3/q+1. The van der Waals surface area contributed by atoms with Gasteiger partial charge in [0.2, 0.25) is 5.69 Å². The van der Waals surface area contributed by atoms with E-state index in [4.69, 9.17) is 6.57 Å². The number of aromatic nitrogens is 1. The first kappa shape index (κ1) is 21.4. The van der Waals surface area contributed by atoms with Crippen LogP contribution >= 0.6 is 0 Å². The number of aryl methyl sites for hydroxylation is 4. The van der Waals surface area contributed by atoms with Crippen molar-refractivity contribution in [3.05, 3.63) is 95.0 Å². The van der Waals surface area contributed by atoms with E-state index in [1.807, 2.05) is 6.07 Å². The van der Waals surface area contributed by atoms with Crippen molar-refractivity contribution in [3.63, 3.8) is 0 Å². The Hall–Kier alpha value is -3.48. The lowest BCUT2D eigenvalue weighted by Crippen LogP contribution is -2.51. The number of fused-ring (bicyclic) bond motifs is 3. The van der Waals surface area contributed by atoms with Gasteiger partial charge < -0.3 is 0 Å². The van der Waals surface area contributed by atoms with Gasteiger partial charge in [0.25, 0.3) is 0 Å². The van der Waals surface area contributed by atoms with Crippen LogP contribution in [0.4, 0.5) is 5.69 Å². The third-order valence-corrected chi connectivity index (χ3v) is 10.7. The predicted molar refractivity (Wildman–Crippen MR) is 141 cm³/mol. The van der Waals surface area contributed by atoms with Crippen LogP contribution in [0.3, 0.4) is 0 Å². The Morgan fingerprint density at radius 3 is 2.06 bits per heavy atom. The van der Waals surface area contributed by atoms with E-state index in [1.165, 1.54) is 49.4 Å². The largest absolute Gasteiger partial charge is 0.238 e. The van der Waals surface area contributed by atoms with Crippen molar-refractivity contribution in [2.45, 2.75) is 33.9 Å². The highest BCUT2D eigenvalue weighted by atomic mass is 28.3. The van der Waals surface area contributed by atoms with Crippen molar-refractivity contribution < 1.29 is 4.57 Å². The molecule has 0 aliphatic carbocycles. The average Bonchev–Trinajstić information content (AvgIpc) is 3.02. The Morgan fingerprint density at radius 2 is 1.39 bits per heavy atom. The van der Waals surface area contributed by atoms with Crippen LogP contribution in [0.2, 0.25) is 13.1 Å². The Kier molecular flexibility index (Phi) is 4.88. The van der Waals surface area contributed by atoms with Gasteiger partial charge in [-0.25, -0.2) is 9.41 Å². The highest BCUT2D eigenvalue weighted by Crippen LogP contribution is 2.41. The van der Waals surface area contributed by atoms with Crippen LogP contribution in [0.25, 0.3) is 38.4 Å². The first-order valence-electron chi connectivity index (χ1n) is 11.5. The Morgan fingerprint density at radius 1 is 0.758 bits per heavy atom. The topological polar surface area (TPSA) is 8.24 Å². The Labute approximate surface area is 198 Å². The number of hydrogen-bond acceptors (Lipinski definition) is 0. The van der Waals surface area contributed by atoms with Gasteiger partial charge >= 0.3 is 0 Å².